The van der Waals surface area contributed by atoms with Crippen molar-refractivity contribution in [2.45, 2.75) is 52.9 Å². The lowest BCUT2D eigenvalue weighted by Crippen LogP contribution is -2.26. The van der Waals surface area contributed by atoms with E-state index in [0.717, 1.165) is 30.7 Å². The van der Waals surface area contributed by atoms with Crippen molar-refractivity contribution in [3.05, 3.63) is 33.1 Å². The Morgan fingerprint density at radius 2 is 1.96 bits per heavy atom. The van der Waals surface area contributed by atoms with Gasteiger partial charge < -0.3 is 4.98 Å². The molecule has 0 unspecified atom stereocenters. The highest BCUT2D eigenvalue weighted by Crippen LogP contribution is 2.37. The monoisotopic (exact) mass is 371 g/mol. The van der Waals surface area contributed by atoms with Crippen molar-refractivity contribution >= 4 is 33.9 Å². The van der Waals surface area contributed by atoms with E-state index in [1.54, 1.807) is 6.92 Å². The number of anilines is 1. The van der Waals surface area contributed by atoms with Gasteiger partial charge in [0.2, 0.25) is 0 Å². The first-order valence-electron chi connectivity index (χ1n) is 8.84. The quantitative estimate of drug-likeness (QED) is 0.842. The second-order valence-corrected chi connectivity index (χ2v) is 8.94. The molecule has 0 fully saturated rings. The molecule has 0 spiro atoms. The van der Waals surface area contributed by atoms with Crippen LogP contribution in [0.15, 0.2) is 0 Å². The van der Waals surface area contributed by atoms with E-state index in [9.17, 15) is 14.4 Å². The topological polar surface area (TPSA) is 91.9 Å². The van der Waals surface area contributed by atoms with E-state index in [1.807, 2.05) is 0 Å². The van der Waals surface area contributed by atoms with Crippen LogP contribution in [-0.4, -0.2) is 27.4 Å². The van der Waals surface area contributed by atoms with Gasteiger partial charge in [0.05, 0.1) is 10.6 Å². The van der Waals surface area contributed by atoms with Crippen molar-refractivity contribution in [2.75, 3.05) is 5.32 Å². The van der Waals surface area contributed by atoms with Gasteiger partial charge in [-0.1, -0.05) is 25.2 Å². The Labute approximate surface area is 155 Å². The third kappa shape index (κ3) is 2.80. The number of Topliss-reactive ketones (excluding diaryl/α,β-unsaturated/α-hetero) is 2. The second-order valence-electron chi connectivity index (χ2n) is 7.95. The summed E-state index contributed by atoms with van der Waals surface area (Å²) in [5.74, 6) is -0.135. The zero-order valence-corrected chi connectivity index (χ0v) is 15.9. The predicted octanol–water partition coefficient (Wildman–Crippen LogP) is 3.71. The predicted molar refractivity (Wildman–Crippen MR) is 99.3 cm³/mol. The van der Waals surface area contributed by atoms with Crippen LogP contribution in [0, 0.1) is 12.3 Å². The van der Waals surface area contributed by atoms with E-state index in [-0.39, 0.29) is 22.9 Å². The normalized spacial score (nSPS) is 18.4. The lowest BCUT2D eigenvalue weighted by atomic mass is 9.75. The van der Waals surface area contributed by atoms with E-state index in [2.05, 4.69) is 29.1 Å². The largest absolute Gasteiger partial charge is 0.354 e. The maximum absolute atomic E-state index is 12.7. The molecule has 7 heteroatoms. The summed E-state index contributed by atoms with van der Waals surface area (Å²) in [5, 5.41) is 3.23. The molecule has 2 aromatic heterocycles. The Morgan fingerprint density at radius 3 is 2.69 bits per heavy atom. The lowest BCUT2D eigenvalue weighted by molar-refractivity contribution is 0.0909. The number of amides is 1. The van der Waals surface area contributed by atoms with E-state index in [0.29, 0.717) is 39.7 Å². The Balaban J connectivity index is 1.62. The first-order chi connectivity index (χ1) is 12.2. The number of aromatic amines is 1. The van der Waals surface area contributed by atoms with Crippen molar-refractivity contribution in [2.24, 2.45) is 5.41 Å². The van der Waals surface area contributed by atoms with Gasteiger partial charge in [0.25, 0.3) is 5.91 Å². The highest BCUT2D eigenvalue weighted by Gasteiger charge is 2.35. The van der Waals surface area contributed by atoms with Gasteiger partial charge in [0, 0.05) is 24.1 Å². The zero-order chi connectivity index (χ0) is 18.6. The summed E-state index contributed by atoms with van der Waals surface area (Å²) in [6, 6.07) is 0. The molecule has 0 atom stereocenters. The molecule has 2 aliphatic rings. The molecule has 1 amide bonds. The number of thiazole rings is 1. The van der Waals surface area contributed by atoms with E-state index < -0.39 is 0 Å². The van der Waals surface area contributed by atoms with Crippen LogP contribution in [0.1, 0.15) is 80.6 Å². The summed E-state index contributed by atoms with van der Waals surface area (Å²) in [6.07, 6.45) is 3.35. The molecular formula is C19H21N3O3S. The Morgan fingerprint density at radius 1 is 1.19 bits per heavy atom. The maximum Gasteiger partial charge on any atom is 0.274 e. The Kier molecular flexibility index (Phi) is 3.87. The molecule has 0 saturated heterocycles. The van der Waals surface area contributed by atoms with Gasteiger partial charge in [-0.2, -0.15) is 0 Å². The van der Waals surface area contributed by atoms with Gasteiger partial charge in [-0.05, 0) is 37.2 Å². The lowest BCUT2D eigenvalue weighted by Gasteiger charge is -2.28. The third-order valence-corrected chi connectivity index (χ3v) is 6.17. The van der Waals surface area contributed by atoms with E-state index in [1.165, 1.54) is 11.3 Å². The molecule has 0 radical (unpaired) electrons. The van der Waals surface area contributed by atoms with Gasteiger partial charge in [-0.3, -0.25) is 19.7 Å². The van der Waals surface area contributed by atoms with Crippen LogP contribution in [-0.2, 0) is 12.8 Å². The number of rotatable bonds is 2. The molecule has 0 aliphatic heterocycles. The van der Waals surface area contributed by atoms with Crippen molar-refractivity contribution in [1.29, 1.82) is 0 Å². The average Bonchev–Trinajstić information content (AvgIpc) is 3.08. The third-order valence-electron chi connectivity index (χ3n) is 5.12. The number of ketones is 2. The molecule has 4 rings (SSSR count). The number of fused-ring (bicyclic) bond motifs is 2. The van der Waals surface area contributed by atoms with Crippen LogP contribution in [0.25, 0.3) is 0 Å². The molecule has 0 bridgehead atoms. The molecule has 136 valence electrons. The average molecular weight is 371 g/mol. The van der Waals surface area contributed by atoms with Crippen molar-refractivity contribution < 1.29 is 14.4 Å². The summed E-state index contributed by atoms with van der Waals surface area (Å²) in [5.41, 5.74) is 3.26. The fourth-order valence-electron chi connectivity index (χ4n) is 3.94. The molecule has 6 nitrogen and oxygen atoms in total. The number of aryl methyl sites for hydroxylation is 1. The number of carbonyl (C=O) groups is 3. The maximum atomic E-state index is 12.7. The van der Waals surface area contributed by atoms with Gasteiger partial charge >= 0.3 is 0 Å². The number of nitrogens with one attached hydrogen (secondary N) is 2. The Hall–Kier alpha value is -2.28. The minimum Gasteiger partial charge on any atom is -0.354 e. The number of aromatic nitrogens is 2. The number of nitrogens with zero attached hydrogens (tertiary/aromatic N) is 1. The van der Waals surface area contributed by atoms with Crippen LogP contribution >= 0.6 is 11.3 Å². The molecule has 2 N–H and O–H groups in total. The van der Waals surface area contributed by atoms with Crippen molar-refractivity contribution in [1.82, 2.24) is 9.97 Å². The summed E-state index contributed by atoms with van der Waals surface area (Å²) < 4.78 is 0. The van der Waals surface area contributed by atoms with Crippen LogP contribution in [0.5, 0.6) is 0 Å². The Bertz CT molecular complexity index is 952. The standard InChI is InChI=1S/C19H21N3O3S/c1-9-14-11(7-19(2,3)8-13(14)24)20-15(9)17(25)22-18-21-10-5-4-6-12(23)16(10)26-18/h20H,4-8H2,1-3H3,(H,21,22,25). The minimum absolute atomic E-state index is 0.0827. The van der Waals surface area contributed by atoms with Gasteiger partial charge in [0.15, 0.2) is 16.7 Å². The van der Waals surface area contributed by atoms with E-state index >= 15 is 0 Å². The molecule has 0 aromatic carbocycles. The van der Waals surface area contributed by atoms with E-state index in [4.69, 9.17) is 0 Å². The van der Waals surface area contributed by atoms with Crippen LogP contribution in [0.2, 0.25) is 0 Å². The summed E-state index contributed by atoms with van der Waals surface area (Å²) in [7, 11) is 0. The van der Waals surface area contributed by atoms with Crippen LogP contribution in [0.3, 0.4) is 0 Å². The molecular weight excluding hydrogens is 350 g/mol. The molecule has 2 aromatic rings. The summed E-state index contributed by atoms with van der Waals surface area (Å²) >= 11 is 1.23. The fraction of sp³-hybridized carbons (Fsp3) is 0.474. The number of H-pyrrole nitrogens is 1. The highest BCUT2D eigenvalue weighted by molar-refractivity contribution is 7.17. The highest BCUT2D eigenvalue weighted by atomic mass is 32.1. The SMILES string of the molecule is Cc1c(C(=O)Nc2nc3c(s2)C(=O)CCC3)[nH]c2c1C(=O)CC(C)(C)C2. The molecule has 26 heavy (non-hydrogen) atoms. The molecule has 0 saturated carbocycles. The fourth-order valence-corrected chi connectivity index (χ4v) is 4.92. The van der Waals surface area contributed by atoms with Crippen molar-refractivity contribution in [3.63, 3.8) is 0 Å². The summed E-state index contributed by atoms with van der Waals surface area (Å²) in [6.45, 7) is 5.92. The van der Waals surface area contributed by atoms with Crippen LogP contribution in [0.4, 0.5) is 5.13 Å². The first-order valence-corrected chi connectivity index (χ1v) is 9.66. The molecule has 2 heterocycles. The van der Waals surface area contributed by atoms with Crippen molar-refractivity contribution in [3.8, 4) is 0 Å². The summed E-state index contributed by atoms with van der Waals surface area (Å²) in [4.78, 5) is 45.4. The number of carbonyl (C=O) groups excluding carboxylic acids is 3. The van der Waals surface area contributed by atoms with Gasteiger partial charge in [0.1, 0.15) is 5.69 Å². The number of hydrogen-bond donors (Lipinski definition) is 2. The second kappa shape index (κ2) is 5.87. The molecule has 2 aliphatic carbocycles. The van der Waals surface area contributed by atoms with Gasteiger partial charge in [-0.15, -0.1) is 0 Å². The minimum atomic E-state index is -0.318. The first kappa shape index (κ1) is 17.1. The van der Waals surface area contributed by atoms with Crippen LogP contribution < -0.4 is 5.32 Å². The number of hydrogen-bond acceptors (Lipinski definition) is 5. The smallest absolute Gasteiger partial charge is 0.274 e. The van der Waals surface area contributed by atoms with Gasteiger partial charge in [-0.25, -0.2) is 4.98 Å². The zero-order valence-electron chi connectivity index (χ0n) is 15.1.